The maximum Gasteiger partial charge on any atom is 0.162 e. The average molecular weight is 433 g/mol. The highest BCUT2D eigenvalue weighted by atomic mass is 35.5. The van der Waals surface area contributed by atoms with Crippen molar-refractivity contribution in [2.75, 3.05) is 5.43 Å². The van der Waals surface area contributed by atoms with Crippen molar-refractivity contribution in [1.82, 2.24) is 9.97 Å². The predicted octanol–water partition coefficient (Wildman–Crippen LogP) is 6.95. The normalized spacial score (nSPS) is 11.4. The number of halogens is 2. The summed E-state index contributed by atoms with van der Waals surface area (Å²) < 4.78 is 0. The molecule has 6 heteroatoms. The second-order valence-electron chi connectivity index (χ2n) is 6.63. The molecule has 0 aliphatic rings. The summed E-state index contributed by atoms with van der Waals surface area (Å²) in [5.74, 6) is 1.23. The van der Waals surface area contributed by atoms with Gasteiger partial charge in [0.05, 0.1) is 21.5 Å². The Bertz CT molecular complexity index is 1130. The van der Waals surface area contributed by atoms with Crippen molar-refractivity contribution in [1.29, 1.82) is 0 Å². The fraction of sp³-hybridized carbons (Fsp3) is 0.0417. The van der Waals surface area contributed by atoms with Crippen molar-refractivity contribution < 1.29 is 0 Å². The number of hydrazone groups is 1. The van der Waals surface area contributed by atoms with Gasteiger partial charge in [-0.25, -0.2) is 9.97 Å². The molecular formula is C24H18Cl2N4. The van der Waals surface area contributed by atoms with Gasteiger partial charge in [0.25, 0.3) is 0 Å². The molecule has 0 spiro atoms. The number of hydrogen-bond donors (Lipinski definition) is 1. The molecule has 0 saturated heterocycles. The van der Waals surface area contributed by atoms with Crippen LogP contribution in [0.1, 0.15) is 12.5 Å². The Kier molecular flexibility index (Phi) is 6.07. The summed E-state index contributed by atoms with van der Waals surface area (Å²) in [4.78, 5) is 9.40. The van der Waals surface area contributed by atoms with Crippen LogP contribution in [0, 0.1) is 0 Å². The summed E-state index contributed by atoms with van der Waals surface area (Å²) in [5, 5.41) is 5.48. The van der Waals surface area contributed by atoms with Crippen molar-refractivity contribution in [3.05, 3.63) is 101 Å². The van der Waals surface area contributed by atoms with Crippen LogP contribution in [0.4, 0.5) is 5.82 Å². The van der Waals surface area contributed by atoms with E-state index in [-0.39, 0.29) is 0 Å². The van der Waals surface area contributed by atoms with Crippen LogP contribution in [0.3, 0.4) is 0 Å². The lowest BCUT2D eigenvalue weighted by molar-refractivity contribution is 1.15. The maximum atomic E-state index is 6.12. The Labute approximate surface area is 185 Å². The number of rotatable bonds is 5. The zero-order valence-corrected chi connectivity index (χ0v) is 17.7. The van der Waals surface area contributed by atoms with Gasteiger partial charge in [-0.05, 0) is 24.6 Å². The summed E-state index contributed by atoms with van der Waals surface area (Å²) in [7, 11) is 0. The average Bonchev–Trinajstić information content (AvgIpc) is 2.80. The number of aromatic nitrogens is 2. The van der Waals surface area contributed by atoms with Gasteiger partial charge in [-0.3, -0.25) is 5.43 Å². The van der Waals surface area contributed by atoms with Crippen molar-refractivity contribution in [3.63, 3.8) is 0 Å². The van der Waals surface area contributed by atoms with Gasteiger partial charge in [0, 0.05) is 17.2 Å². The Morgan fingerprint density at radius 2 is 1.43 bits per heavy atom. The third kappa shape index (κ3) is 4.67. The molecule has 1 heterocycles. The second kappa shape index (κ2) is 9.08. The van der Waals surface area contributed by atoms with Crippen LogP contribution < -0.4 is 5.43 Å². The zero-order valence-electron chi connectivity index (χ0n) is 16.2. The summed E-state index contributed by atoms with van der Waals surface area (Å²) in [6.07, 6.45) is 0. The van der Waals surface area contributed by atoms with Crippen molar-refractivity contribution >= 4 is 34.7 Å². The maximum absolute atomic E-state index is 6.12. The van der Waals surface area contributed by atoms with Gasteiger partial charge in [-0.1, -0.05) is 89.9 Å². The van der Waals surface area contributed by atoms with Gasteiger partial charge in [-0.15, -0.1) is 0 Å². The lowest BCUT2D eigenvalue weighted by Crippen LogP contribution is -2.03. The van der Waals surface area contributed by atoms with Crippen LogP contribution in [0.5, 0.6) is 0 Å². The quantitative estimate of drug-likeness (QED) is 0.274. The molecule has 0 amide bonds. The molecule has 4 nitrogen and oxygen atoms in total. The highest BCUT2D eigenvalue weighted by Crippen LogP contribution is 2.25. The number of hydrogen-bond acceptors (Lipinski definition) is 4. The van der Waals surface area contributed by atoms with Crippen molar-refractivity contribution in [2.24, 2.45) is 5.10 Å². The number of nitrogens with zero attached hydrogens (tertiary/aromatic N) is 3. The molecule has 0 aliphatic carbocycles. The van der Waals surface area contributed by atoms with E-state index >= 15 is 0 Å². The third-order valence-corrected chi connectivity index (χ3v) is 5.24. The summed E-state index contributed by atoms with van der Waals surface area (Å²) in [6.45, 7) is 1.89. The van der Waals surface area contributed by atoms with E-state index in [0.29, 0.717) is 21.7 Å². The second-order valence-corrected chi connectivity index (χ2v) is 7.45. The first kappa shape index (κ1) is 20.1. The molecule has 1 aromatic heterocycles. The first-order chi connectivity index (χ1) is 14.6. The molecule has 0 aliphatic heterocycles. The molecule has 4 rings (SSSR count). The first-order valence-corrected chi connectivity index (χ1v) is 10.1. The predicted molar refractivity (Wildman–Crippen MR) is 125 cm³/mol. The van der Waals surface area contributed by atoms with Gasteiger partial charge >= 0.3 is 0 Å². The van der Waals surface area contributed by atoms with Gasteiger partial charge in [0.1, 0.15) is 0 Å². The topological polar surface area (TPSA) is 50.2 Å². The van der Waals surface area contributed by atoms with Crippen molar-refractivity contribution in [2.45, 2.75) is 6.92 Å². The lowest BCUT2D eigenvalue weighted by Gasteiger charge is -2.09. The summed E-state index contributed by atoms with van der Waals surface area (Å²) in [5.41, 5.74) is 7.44. The molecule has 0 unspecified atom stereocenters. The highest BCUT2D eigenvalue weighted by Gasteiger charge is 2.09. The Morgan fingerprint density at radius 1 is 0.767 bits per heavy atom. The van der Waals surface area contributed by atoms with Crippen LogP contribution in [-0.2, 0) is 0 Å². The molecule has 3 aromatic carbocycles. The minimum absolute atomic E-state index is 0.489. The largest absolute Gasteiger partial charge is 0.261 e. The molecule has 0 bridgehead atoms. The van der Waals surface area contributed by atoms with Gasteiger partial charge in [0.2, 0.25) is 0 Å². The van der Waals surface area contributed by atoms with Crippen molar-refractivity contribution in [3.8, 4) is 22.6 Å². The van der Waals surface area contributed by atoms with Crippen LogP contribution in [0.15, 0.2) is 90.0 Å². The Balaban J connectivity index is 1.70. The monoisotopic (exact) mass is 432 g/mol. The van der Waals surface area contributed by atoms with E-state index in [2.05, 4.69) is 15.5 Å². The standard InChI is InChI=1S/C24H18Cl2N4/c1-16(19-12-13-20(25)21(26)14-19)29-30-23-15-22(17-8-4-2-5-9-17)27-24(28-23)18-10-6-3-7-11-18/h2-15H,1H3,(H,27,28,30). The highest BCUT2D eigenvalue weighted by molar-refractivity contribution is 6.42. The van der Waals surface area contributed by atoms with Gasteiger partial charge in [-0.2, -0.15) is 5.10 Å². The minimum atomic E-state index is 0.489. The fourth-order valence-electron chi connectivity index (χ4n) is 2.90. The number of anilines is 1. The van der Waals surface area contributed by atoms with Crippen LogP contribution in [0.25, 0.3) is 22.6 Å². The Hall–Kier alpha value is -3.21. The van der Waals surface area contributed by atoms with Gasteiger partial charge < -0.3 is 0 Å². The molecule has 0 radical (unpaired) electrons. The smallest absolute Gasteiger partial charge is 0.162 e. The van der Waals surface area contributed by atoms with E-state index in [1.165, 1.54) is 0 Å². The molecular weight excluding hydrogens is 415 g/mol. The molecule has 0 fully saturated rings. The van der Waals surface area contributed by atoms with Crippen LogP contribution in [0.2, 0.25) is 10.0 Å². The zero-order chi connectivity index (χ0) is 20.9. The Morgan fingerprint density at radius 3 is 2.10 bits per heavy atom. The number of nitrogens with one attached hydrogen (secondary N) is 1. The fourth-order valence-corrected chi connectivity index (χ4v) is 3.20. The summed E-state index contributed by atoms with van der Waals surface area (Å²) in [6, 6.07) is 27.2. The molecule has 148 valence electrons. The summed E-state index contributed by atoms with van der Waals surface area (Å²) >= 11 is 12.1. The molecule has 4 aromatic rings. The van der Waals surface area contributed by atoms with E-state index < -0.39 is 0 Å². The van der Waals surface area contributed by atoms with Gasteiger partial charge in [0.15, 0.2) is 11.6 Å². The minimum Gasteiger partial charge on any atom is -0.261 e. The molecule has 0 saturated carbocycles. The first-order valence-electron chi connectivity index (χ1n) is 9.36. The van der Waals surface area contributed by atoms with E-state index in [1.54, 1.807) is 12.1 Å². The lowest BCUT2D eigenvalue weighted by atomic mass is 10.1. The van der Waals surface area contributed by atoms with Crippen LogP contribution >= 0.6 is 23.2 Å². The van der Waals surface area contributed by atoms with E-state index in [0.717, 1.165) is 28.1 Å². The van der Waals surface area contributed by atoms with E-state index in [4.69, 9.17) is 28.2 Å². The third-order valence-electron chi connectivity index (χ3n) is 4.50. The van der Waals surface area contributed by atoms with E-state index in [1.807, 2.05) is 79.7 Å². The van der Waals surface area contributed by atoms with Crippen LogP contribution in [-0.4, -0.2) is 15.7 Å². The molecule has 0 atom stereocenters. The number of benzene rings is 3. The van der Waals surface area contributed by atoms with E-state index in [9.17, 15) is 0 Å². The molecule has 30 heavy (non-hydrogen) atoms. The SMILES string of the molecule is CC(=NNc1cc(-c2ccccc2)nc(-c2ccccc2)n1)c1ccc(Cl)c(Cl)c1. The molecule has 1 N–H and O–H groups in total.